The number of fused-ring (bicyclic) bond motifs is 5. The first-order chi connectivity index (χ1) is 20.9. The van der Waals surface area contributed by atoms with Crippen LogP contribution in [0.4, 0.5) is 5.69 Å². The molecule has 218 valence electrons. The Morgan fingerprint density at radius 2 is 1.77 bits per heavy atom. The molecule has 7 rings (SSSR count). The van der Waals surface area contributed by atoms with Gasteiger partial charge >= 0.3 is 0 Å². The molecule has 0 amide bonds. The van der Waals surface area contributed by atoms with Gasteiger partial charge in [0.25, 0.3) is 15.1 Å². The van der Waals surface area contributed by atoms with Crippen LogP contribution in [0.1, 0.15) is 31.2 Å². The lowest BCUT2D eigenvalue weighted by Gasteiger charge is -2.18. The number of aryl methyl sites for hydroxylation is 1. The molecule has 3 heterocycles. The molecule has 4 aromatic carbocycles. The zero-order valence-corrected chi connectivity index (χ0v) is 25.4. The van der Waals surface area contributed by atoms with Gasteiger partial charge in [0, 0.05) is 24.8 Å². The summed E-state index contributed by atoms with van der Waals surface area (Å²) in [6.07, 6.45) is 6.50. The number of hydrogen-bond acceptors (Lipinski definition) is 5. The topological polar surface area (TPSA) is 75.7 Å². The number of thiazole rings is 1. The fourth-order valence-electron chi connectivity index (χ4n) is 5.92. The average molecular weight is 611 g/mol. The summed E-state index contributed by atoms with van der Waals surface area (Å²) in [6, 6.07) is 29.3. The van der Waals surface area contributed by atoms with Gasteiger partial charge in [-0.2, -0.15) is 13.0 Å². The molecule has 0 unspecified atom stereocenters. The number of benzene rings is 4. The van der Waals surface area contributed by atoms with Gasteiger partial charge in [-0.25, -0.2) is 0 Å². The fourth-order valence-corrected chi connectivity index (χ4v) is 7.54. The Morgan fingerprint density at radius 3 is 2.60 bits per heavy atom. The van der Waals surface area contributed by atoms with E-state index in [1.165, 1.54) is 21.0 Å². The van der Waals surface area contributed by atoms with Crippen LogP contribution in [0.25, 0.3) is 43.7 Å². The van der Waals surface area contributed by atoms with Gasteiger partial charge in [0.05, 0.1) is 28.4 Å². The number of unbranched alkanes of at least 4 members (excludes halogenated alkanes) is 1. The molecule has 9 heteroatoms. The molecular formula is C34H32N3O4S2+. The number of para-hydroxylation sites is 1. The second-order valence-electron chi connectivity index (χ2n) is 10.9. The molecule has 0 spiro atoms. The second-order valence-corrected chi connectivity index (χ2v) is 13.5. The van der Waals surface area contributed by atoms with E-state index in [4.69, 9.17) is 4.74 Å². The summed E-state index contributed by atoms with van der Waals surface area (Å²) >= 11 is 1.73. The fraction of sp³-hybridized carbons (Fsp3) is 0.206. The van der Waals surface area contributed by atoms with Crippen molar-refractivity contribution >= 4 is 65.1 Å². The molecule has 0 saturated carbocycles. The summed E-state index contributed by atoms with van der Waals surface area (Å²) in [5.41, 5.74) is 4.17. The van der Waals surface area contributed by atoms with Crippen molar-refractivity contribution in [3.8, 4) is 11.4 Å². The minimum atomic E-state index is -4.09. The maximum Gasteiger partial charge on any atom is 0.268 e. The molecule has 7 nitrogen and oxygen atoms in total. The third-order valence-corrected chi connectivity index (χ3v) is 9.87. The number of rotatable bonds is 9. The van der Waals surface area contributed by atoms with Crippen molar-refractivity contribution in [1.82, 2.24) is 4.57 Å². The van der Waals surface area contributed by atoms with Crippen LogP contribution < -0.4 is 14.2 Å². The third kappa shape index (κ3) is 5.29. The lowest BCUT2D eigenvalue weighted by molar-refractivity contribution is -0.668. The van der Waals surface area contributed by atoms with Crippen LogP contribution in [0.5, 0.6) is 5.75 Å². The van der Waals surface area contributed by atoms with Crippen LogP contribution in [0.15, 0.2) is 97.0 Å². The third-order valence-electron chi connectivity index (χ3n) is 7.97. The highest BCUT2D eigenvalue weighted by Crippen LogP contribution is 2.42. The molecule has 0 atom stereocenters. The molecule has 0 aliphatic carbocycles. The van der Waals surface area contributed by atoms with E-state index in [2.05, 4.69) is 89.0 Å². The molecular weight excluding hydrogens is 579 g/mol. The number of nitrogens with zero attached hydrogens (tertiary/aromatic N) is 3. The van der Waals surface area contributed by atoms with Gasteiger partial charge in [0.15, 0.2) is 12.3 Å². The zero-order valence-electron chi connectivity index (χ0n) is 23.8. The van der Waals surface area contributed by atoms with Crippen LogP contribution >= 0.6 is 11.3 Å². The Balaban J connectivity index is 1.34. The summed E-state index contributed by atoms with van der Waals surface area (Å²) in [5.74, 6) is 1.03. The standard InChI is InChI=1S/C34H31N3O4S2/c1-2-3-18-37-33(42-31-16-13-24-9-4-6-11-27(24)34(31)37)23-32-36(19-8-21-43(38,39)40)29-22-26(14-15-30(29)41-32)35-20-17-25-10-5-7-12-28(25)35/h4-7,9-17,20,22-23H,2-3,8,18-19,21H2,1H3/p+1. The molecule has 1 N–H and O–H groups in total. The highest BCUT2D eigenvalue weighted by molar-refractivity contribution is 7.85. The van der Waals surface area contributed by atoms with E-state index in [1.807, 2.05) is 29.2 Å². The summed E-state index contributed by atoms with van der Waals surface area (Å²) < 4.78 is 44.8. The molecule has 0 saturated heterocycles. The Bertz CT molecular complexity index is 2130. The molecule has 0 radical (unpaired) electrons. The first-order valence-electron chi connectivity index (χ1n) is 14.6. The monoisotopic (exact) mass is 610 g/mol. The number of aromatic nitrogens is 2. The van der Waals surface area contributed by atoms with E-state index in [0.29, 0.717) is 18.2 Å². The van der Waals surface area contributed by atoms with Crippen molar-refractivity contribution in [2.75, 3.05) is 17.2 Å². The first-order valence-corrected chi connectivity index (χ1v) is 17.0. The van der Waals surface area contributed by atoms with Crippen molar-refractivity contribution < 1.29 is 22.3 Å². The molecule has 1 aliphatic heterocycles. The smallest absolute Gasteiger partial charge is 0.268 e. The quantitative estimate of drug-likeness (QED) is 0.135. The minimum absolute atomic E-state index is 0.253. The van der Waals surface area contributed by atoms with Gasteiger partial charge in [-0.15, -0.1) is 0 Å². The average Bonchev–Trinajstić information content (AvgIpc) is 3.69. The van der Waals surface area contributed by atoms with Crippen LogP contribution in [-0.2, 0) is 16.7 Å². The second kappa shape index (κ2) is 11.1. The molecule has 0 bridgehead atoms. The number of anilines is 1. The lowest BCUT2D eigenvalue weighted by Crippen LogP contribution is -2.35. The van der Waals surface area contributed by atoms with Crippen molar-refractivity contribution in [3.63, 3.8) is 0 Å². The summed E-state index contributed by atoms with van der Waals surface area (Å²) in [6.45, 7) is 3.45. The number of hydrogen-bond donors (Lipinski definition) is 1. The van der Waals surface area contributed by atoms with E-state index in [0.717, 1.165) is 46.7 Å². The Hall–Kier alpha value is -4.18. The van der Waals surface area contributed by atoms with Crippen molar-refractivity contribution in [2.45, 2.75) is 32.7 Å². The van der Waals surface area contributed by atoms with E-state index >= 15 is 0 Å². The predicted octanol–water partition coefficient (Wildman–Crippen LogP) is 7.56. The molecule has 43 heavy (non-hydrogen) atoms. The summed E-state index contributed by atoms with van der Waals surface area (Å²) in [5, 5.41) is 4.65. The molecule has 1 aliphatic rings. The van der Waals surface area contributed by atoms with E-state index in [1.54, 1.807) is 11.3 Å². The lowest BCUT2D eigenvalue weighted by atomic mass is 10.1. The van der Waals surface area contributed by atoms with Crippen LogP contribution in [-0.4, -0.2) is 29.8 Å². The summed E-state index contributed by atoms with van der Waals surface area (Å²) in [7, 11) is -4.09. The van der Waals surface area contributed by atoms with Gasteiger partial charge < -0.3 is 14.2 Å². The first kappa shape index (κ1) is 27.6. The van der Waals surface area contributed by atoms with Gasteiger partial charge in [-0.1, -0.05) is 67.1 Å². The molecule has 2 aromatic heterocycles. The van der Waals surface area contributed by atoms with Crippen LogP contribution in [0, 0.1) is 0 Å². The van der Waals surface area contributed by atoms with E-state index in [9.17, 15) is 13.0 Å². The Labute approximate surface area is 254 Å². The molecule has 6 aromatic rings. The molecule has 0 fully saturated rings. The zero-order chi connectivity index (χ0) is 29.6. The highest BCUT2D eigenvalue weighted by Gasteiger charge is 2.30. The maximum atomic E-state index is 11.6. The summed E-state index contributed by atoms with van der Waals surface area (Å²) in [4.78, 5) is 2.03. The van der Waals surface area contributed by atoms with Crippen molar-refractivity contribution in [3.05, 3.63) is 102 Å². The number of ether oxygens (including phenoxy) is 1. The normalized spacial score (nSPS) is 14.3. The van der Waals surface area contributed by atoms with Crippen LogP contribution in [0.2, 0.25) is 0 Å². The van der Waals surface area contributed by atoms with Gasteiger partial charge in [-0.3, -0.25) is 4.55 Å². The van der Waals surface area contributed by atoms with Crippen LogP contribution in [0.3, 0.4) is 0 Å². The largest absolute Gasteiger partial charge is 0.438 e. The van der Waals surface area contributed by atoms with Gasteiger partial charge in [0.2, 0.25) is 11.4 Å². The van der Waals surface area contributed by atoms with Gasteiger partial charge in [-0.05, 0) is 59.7 Å². The Morgan fingerprint density at radius 1 is 0.953 bits per heavy atom. The van der Waals surface area contributed by atoms with E-state index in [-0.39, 0.29) is 12.2 Å². The van der Waals surface area contributed by atoms with Gasteiger partial charge in [0.1, 0.15) is 4.70 Å². The maximum absolute atomic E-state index is 11.6. The highest BCUT2D eigenvalue weighted by atomic mass is 32.2. The SMILES string of the molecule is CCCC[n+]1c(/C=C2\Oc3ccc(-n4ccc5ccccc54)cc3N2CCCS(=O)(=O)O)sc2ccc3ccccc3c21. The van der Waals surface area contributed by atoms with E-state index < -0.39 is 10.1 Å². The van der Waals surface area contributed by atoms with Crippen molar-refractivity contribution in [2.24, 2.45) is 0 Å². The minimum Gasteiger partial charge on any atom is -0.438 e. The van der Waals surface area contributed by atoms with Crippen molar-refractivity contribution in [1.29, 1.82) is 0 Å². The predicted molar refractivity (Wildman–Crippen MR) is 175 cm³/mol. The Kier molecular flexibility index (Phi) is 7.17.